The molecule has 0 bridgehead atoms. The van der Waals surface area contributed by atoms with E-state index < -0.39 is 0 Å². The van der Waals surface area contributed by atoms with Crippen LogP contribution < -0.4 is 0 Å². The number of hydrogen-bond acceptors (Lipinski definition) is 3. The lowest BCUT2D eigenvalue weighted by molar-refractivity contribution is -0.147. The Balaban J connectivity index is 2.07. The molecular weight excluding hydrogens is 166 g/mol. The van der Waals surface area contributed by atoms with Crippen molar-refractivity contribution in [3.8, 4) is 0 Å². The molecule has 0 radical (unpaired) electrons. The summed E-state index contributed by atoms with van der Waals surface area (Å²) in [6.07, 6.45) is 3.11. The zero-order chi connectivity index (χ0) is 9.68. The summed E-state index contributed by atoms with van der Waals surface area (Å²) < 4.78 is 5.04. The molecule has 1 aliphatic heterocycles. The molecule has 1 rings (SSSR count). The first kappa shape index (κ1) is 10.5. The van der Waals surface area contributed by atoms with Crippen LogP contribution in [0.3, 0.4) is 0 Å². The predicted octanol–water partition coefficient (Wildman–Crippen LogP) is 1.42. The normalized spacial score (nSPS) is 18.1. The zero-order valence-electron chi connectivity index (χ0n) is 8.58. The van der Waals surface area contributed by atoms with Crippen molar-refractivity contribution in [1.82, 2.24) is 4.90 Å². The molecule has 0 unspecified atom stereocenters. The van der Waals surface area contributed by atoms with Gasteiger partial charge >= 0.3 is 5.97 Å². The number of likely N-dealkylation sites (tertiary alicyclic amines) is 1. The summed E-state index contributed by atoms with van der Waals surface area (Å²) in [5.41, 5.74) is 0. The number of nitrogens with zero attached hydrogens (tertiary/aromatic N) is 1. The maximum atomic E-state index is 11.2. The third-order valence-electron chi connectivity index (χ3n) is 2.20. The monoisotopic (exact) mass is 185 g/mol. The highest BCUT2D eigenvalue weighted by Crippen LogP contribution is 2.07. The van der Waals surface area contributed by atoms with Gasteiger partial charge in [0.15, 0.2) is 0 Å². The Hall–Kier alpha value is -0.570. The molecule has 76 valence electrons. The standard InChI is InChI=1S/C10H19NO2/c1-9(2)13-10(12)5-8-11-6-3-4-7-11/h9H,3-8H2,1-2H3. The molecule has 1 saturated heterocycles. The predicted molar refractivity (Wildman–Crippen MR) is 51.5 cm³/mol. The number of carbonyl (C=O) groups excluding carboxylic acids is 1. The molecule has 0 atom stereocenters. The van der Waals surface area contributed by atoms with Crippen molar-refractivity contribution in [2.45, 2.75) is 39.2 Å². The number of carbonyl (C=O) groups is 1. The summed E-state index contributed by atoms with van der Waals surface area (Å²) in [4.78, 5) is 13.5. The van der Waals surface area contributed by atoms with E-state index in [9.17, 15) is 4.79 Å². The molecule has 3 heteroatoms. The number of esters is 1. The van der Waals surface area contributed by atoms with E-state index in [4.69, 9.17) is 4.74 Å². The third kappa shape index (κ3) is 4.27. The molecule has 3 nitrogen and oxygen atoms in total. The SMILES string of the molecule is CC(C)OC(=O)CCN1CCCC1. The van der Waals surface area contributed by atoms with E-state index in [-0.39, 0.29) is 12.1 Å². The van der Waals surface area contributed by atoms with E-state index in [0.717, 1.165) is 19.6 Å². The smallest absolute Gasteiger partial charge is 0.307 e. The van der Waals surface area contributed by atoms with Crippen molar-refractivity contribution in [2.24, 2.45) is 0 Å². The molecule has 1 heterocycles. The first-order valence-corrected chi connectivity index (χ1v) is 5.10. The fourth-order valence-electron chi connectivity index (χ4n) is 1.58. The van der Waals surface area contributed by atoms with Gasteiger partial charge in [0.2, 0.25) is 0 Å². The minimum absolute atomic E-state index is 0.0195. The van der Waals surface area contributed by atoms with E-state index in [1.807, 2.05) is 13.8 Å². The maximum absolute atomic E-state index is 11.2. The van der Waals surface area contributed by atoms with E-state index in [0.29, 0.717) is 6.42 Å². The van der Waals surface area contributed by atoms with Crippen LogP contribution in [0.1, 0.15) is 33.1 Å². The molecule has 0 aliphatic carbocycles. The van der Waals surface area contributed by atoms with Crippen LogP contribution in [0.4, 0.5) is 0 Å². The average molecular weight is 185 g/mol. The Morgan fingerprint density at radius 2 is 2.00 bits per heavy atom. The molecule has 1 fully saturated rings. The van der Waals surface area contributed by atoms with Crippen LogP contribution in [0, 0.1) is 0 Å². The van der Waals surface area contributed by atoms with Crippen LogP contribution in [-0.4, -0.2) is 36.6 Å². The van der Waals surface area contributed by atoms with Gasteiger partial charge in [-0.15, -0.1) is 0 Å². The molecule has 0 amide bonds. The summed E-state index contributed by atoms with van der Waals surface area (Å²) in [7, 11) is 0. The Kier molecular flexibility index (Phi) is 4.22. The van der Waals surface area contributed by atoms with E-state index >= 15 is 0 Å². The lowest BCUT2D eigenvalue weighted by atomic mass is 10.4. The van der Waals surface area contributed by atoms with Crippen LogP contribution in [0.25, 0.3) is 0 Å². The Morgan fingerprint density at radius 3 is 2.54 bits per heavy atom. The number of ether oxygens (including phenoxy) is 1. The molecule has 0 spiro atoms. The number of hydrogen-bond donors (Lipinski definition) is 0. The topological polar surface area (TPSA) is 29.5 Å². The fourth-order valence-corrected chi connectivity index (χ4v) is 1.58. The second kappa shape index (κ2) is 5.22. The summed E-state index contributed by atoms with van der Waals surface area (Å²) in [5, 5.41) is 0. The van der Waals surface area contributed by atoms with Crippen LogP contribution >= 0.6 is 0 Å². The van der Waals surface area contributed by atoms with Gasteiger partial charge in [0.05, 0.1) is 12.5 Å². The maximum Gasteiger partial charge on any atom is 0.307 e. The van der Waals surface area contributed by atoms with Crippen LogP contribution in [0.15, 0.2) is 0 Å². The van der Waals surface area contributed by atoms with Crippen LogP contribution in [0.2, 0.25) is 0 Å². The second-order valence-electron chi connectivity index (χ2n) is 3.84. The minimum Gasteiger partial charge on any atom is -0.463 e. The second-order valence-corrected chi connectivity index (χ2v) is 3.84. The Morgan fingerprint density at radius 1 is 1.38 bits per heavy atom. The van der Waals surface area contributed by atoms with Gasteiger partial charge in [0.25, 0.3) is 0 Å². The summed E-state index contributed by atoms with van der Waals surface area (Å²) in [5.74, 6) is -0.0677. The molecular formula is C10H19NO2. The van der Waals surface area contributed by atoms with E-state index in [1.165, 1.54) is 12.8 Å². The van der Waals surface area contributed by atoms with Gasteiger partial charge in [-0.3, -0.25) is 4.79 Å². The van der Waals surface area contributed by atoms with Crippen molar-refractivity contribution >= 4 is 5.97 Å². The summed E-state index contributed by atoms with van der Waals surface area (Å²) in [6, 6.07) is 0. The summed E-state index contributed by atoms with van der Waals surface area (Å²) >= 11 is 0. The highest BCUT2D eigenvalue weighted by Gasteiger charge is 2.13. The highest BCUT2D eigenvalue weighted by atomic mass is 16.5. The van der Waals surface area contributed by atoms with Gasteiger partial charge in [-0.25, -0.2) is 0 Å². The summed E-state index contributed by atoms with van der Waals surface area (Å²) in [6.45, 7) is 6.93. The molecule has 1 aliphatic rings. The lowest BCUT2D eigenvalue weighted by Gasteiger charge is -2.14. The Bertz CT molecular complexity index is 162. The Labute approximate surface area is 80.1 Å². The van der Waals surface area contributed by atoms with E-state index in [1.54, 1.807) is 0 Å². The molecule has 0 aromatic rings. The van der Waals surface area contributed by atoms with Gasteiger partial charge < -0.3 is 9.64 Å². The molecule has 0 N–H and O–H groups in total. The van der Waals surface area contributed by atoms with Crippen LogP contribution in [-0.2, 0) is 9.53 Å². The lowest BCUT2D eigenvalue weighted by Crippen LogP contribution is -2.24. The highest BCUT2D eigenvalue weighted by molar-refractivity contribution is 5.69. The van der Waals surface area contributed by atoms with Crippen LogP contribution in [0.5, 0.6) is 0 Å². The number of rotatable bonds is 4. The molecule has 13 heavy (non-hydrogen) atoms. The minimum atomic E-state index is -0.0677. The van der Waals surface area contributed by atoms with Crippen molar-refractivity contribution in [2.75, 3.05) is 19.6 Å². The molecule has 0 saturated carbocycles. The first-order chi connectivity index (χ1) is 6.18. The first-order valence-electron chi connectivity index (χ1n) is 5.10. The van der Waals surface area contributed by atoms with Crippen molar-refractivity contribution < 1.29 is 9.53 Å². The largest absolute Gasteiger partial charge is 0.463 e. The van der Waals surface area contributed by atoms with Crippen molar-refractivity contribution in [3.63, 3.8) is 0 Å². The fraction of sp³-hybridized carbons (Fsp3) is 0.900. The molecule has 0 aromatic heterocycles. The van der Waals surface area contributed by atoms with Gasteiger partial charge in [0.1, 0.15) is 0 Å². The van der Waals surface area contributed by atoms with Gasteiger partial charge in [0, 0.05) is 6.54 Å². The van der Waals surface area contributed by atoms with Gasteiger partial charge in [-0.2, -0.15) is 0 Å². The third-order valence-corrected chi connectivity index (χ3v) is 2.20. The quantitative estimate of drug-likeness (QED) is 0.620. The molecule has 0 aromatic carbocycles. The van der Waals surface area contributed by atoms with Gasteiger partial charge in [-0.05, 0) is 39.8 Å². The average Bonchev–Trinajstić information content (AvgIpc) is 2.51. The van der Waals surface area contributed by atoms with Crippen molar-refractivity contribution in [3.05, 3.63) is 0 Å². The van der Waals surface area contributed by atoms with Crippen molar-refractivity contribution in [1.29, 1.82) is 0 Å². The van der Waals surface area contributed by atoms with Gasteiger partial charge in [-0.1, -0.05) is 0 Å². The van der Waals surface area contributed by atoms with E-state index in [2.05, 4.69) is 4.90 Å². The zero-order valence-corrected chi connectivity index (χ0v) is 8.58.